The van der Waals surface area contributed by atoms with Crippen LogP contribution in [-0.4, -0.2) is 60.2 Å². The fraction of sp³-hybridized carbons (Fsp3) is 0.536. The van der Waals surface area contributed by atoms with Crippen LogP contribution in [0.1, 0.15) is 59.3 Å². The van der Waals surface area contributed by atoms with Crippen molar-refractivity contribution in [2.24, 2.45) is 5.92 Å². The standard InChI is InChI=1S/C28H36FN5O2S/c1-17-24-26(30-16-31-28(24)37-25(17)27(35)32-21-10-12-34(2)13-11-21)33-23-9-6-20(29)15-19(23)14-18-4-7-22(36-3)8-5-18/h6,9,15-16,18,21-22H,4-5,7-8,10-14H2,1-3H3,(H,32,35)(H,30,31,33). The molecule has 0 spiro atoms. The number of anilines is 2. The van der Waals surface area contributed by atoms with Gasteiger partial charge in [-0.1, -0.05) is 0 Å². The van der Waals surface area contributed by atoms with Crippen LogP contribution in [0.15, 0.2) is 24.5 Å². The first-order valence-electron chi connectivity index (χ1n) is 13.2. The van der Waals surface area contributed by atoms with E-state index in [0.717, 1.165) is 85.1 Å². The van der Waals surface area contributed by atoms with Gasteiger partial charge in [0.25, 0.3) is 5.91 Å². The first-order chi connectivity index (χ1) is 17.9. The summed E-state index contributed by atoms with van der Waals surface area (Å²) in [6, 6.07) is 5.09. The van der Waals surface area contributed by atoms with Crippen LogP contribution in [0.5, 0.6) is 0 Å². The highest BCUT2D eigenvalue weighted by atomic mass is 32.1. The molecule has 0 unspecified atom stereocenters. The average Bonchev–Trinajstić information content (AvgIpc) is 3.25. The number of ether oxygens (including phenoxy) is 1. The Morgan fingerprint density at radius 1 is 1.16 bits per heavy atom. The van der Waals surface area contributed by atoms with Crippen LogP contribution in [-0.2, 0) is 11.2 Å². The molecule has 37 heavy (non-hydrogen) atoms. The van der Waals surface area contributed by atoms with Crippen molar-refractivity contribution < 1.29 is 13.9 Å². The number of hydrogen-bond donors (Lipinski definition) is 2. The number of methoxy groups -OCH3 is 1. The second kappa shape index (κ2) is 11.4. The third kappa shape index (κ3) is 5.94. The molecule has 3 aromatic rings. The van der Waals surface area contributed by atoms with Crippen molar-refractivity contribution in [2.45, 2.75) is 64.0 Å². The Labute approximate surface area is 221 Å². The molecule has 2 N–H and O–H groups in total. The van der Waals surface area contributed by atoms with Gasteiger partial charge in [0.15, 0.2) is 0 Å². The molecule has 198 valence electrons. The summed E-state index contributed by atoms with van der Waals surface area (Å²) in [6.07, 6.45) is 8.81. The van der Waals surface area contributed by atoms with Crippen LogP contribution in [0.25, 0.3) is 10.2 Å². The fourth-order valence-corrected chi connectivity index (χ4v) is 6.70. The number of nitrogens with zero attached hydrogens (tertiary/aromatic N) is 3. The van der Waals surface area contributed by atoms with Gasteiger partial charge in [-0.25, -0.2) is 14.4 Å². The van der Waals surface area contributed by atoms with E-state index in [1.165, 1.54) is 23.7 Å². The number of nitrogens with one attached hydrogen (secondary N) is 2. The van der Waals surface area contributed by atoms with E-state index in [2.05, 4.69) is 32.5 Å². The van der Waals surface area contributed by atoms with E-state index in [1.54, 1.807) is 19.2 Å². The number of fused-ring (bicyclic) bond motifs is 1. The Morgan fingerprint density at radius 3 is 2.65 bits per heavy atom. The zero-order chi connectivity index (χ0) is 25.9. The highest BCUT2D eigenvalue weighted by molar-refractivity contribution is 7.20. The van der Waals surface area contributed by atoms with Crippen molar-refractivity contribution in [3.8, 4) is 0 Å². The van der Waals surface area contributed by atoms with Crippen molar-refractivity contribution in [3.05, 3.63) is 46.3 Å². The Morgan fingerprint density at radius 2 is 1.92 bits per heavy atom. The number of aryl methyl sites for hydroxylation is 1. The Bertz CT molecular complexity index is 1250. The molecule has 1 aliphatic heterocycles. The zero-order valence-electron chi connectivity index (χ0n) is 21.8. The summed E-state index contributed by atoms with van der Waals surface area (Å²) in [7, 11) is 3.89. The molecular formula is C28H36FN5O2S. The van der Waals surface area contributed by atoms with Crippen LogP contribution in [0.4, 0.5) is 15.9 Å². The number of halogens is 1. The third-order valence-corrected chi connectivity index (χ3v) is 9.14. The van der Waals surface area contributed by atoms with E-state index in [-0.39, 0.29) is 17.8 Å². The predicted molar refractivity (Wildman–Crippen MR) is 146 cm³/mol. The van der Waals surface area contributed by atoms with Crippen molar-refractivity contribution >= 4 is 39.0 Å². The number of likely N-dealkylation sites (tertiary alicyclic amines) is 1. The minimum Gasteiger partial charge on any atom is -0.381 e. The smallest absolute Gasteiger partial charge is 0.261 e. The summed E-state index contributed by atoms with van der Waals surface area (Å²) >= 11 is 1.40. The van der Waals surface area contributed by atoms with Crippen molar-refractivity contribution in [3.63, 3.8) is 0 Å². The number of aromatic nitrogens is 2. The molecule has 9 heteroatoms. The molecular weight excluding hydrogens is 489 g/mol. The predicted octanol–water partition coefficient (Wildman–Crippen LogP) is 5.45. The Balaban J connectivity index is 1.37. The zero-order valence-corrected chi connectivity index (χ0v) is 22.7. The summed E-state index contributed by atoms with van der Waals surface area (Å²) < 4.78 is 19.8. The number of carbonyl (C=O) groups excluding carboxylic acids is 1. The molecule has 1 aromatic carbocycles. The number of amides is 1. The Kier molecular flexibility index (Phi) is 8.02. The van der Waals surface area contributed by atoms with Gasteiger partial charge in [-0.15, -0.1) is 11.3 Å². The maximum absolute atomic E-state index is 14.3. The maximum atomic E-state index is 14.3. The quantitative estimate of drug-likeness (QED) is 0.427. The number of benzene rings is 1. The molecule has 0 radical (unpaired) electrons. The van der Waals surface area contributed by atoms with Gasteiger partial charge in [-0.2, -0.15) is 0 Å². The van der Waals surface area contributed by atoms with Crippen molar-refractivity contribution in [1.29, 1.82) is 0 Å². The van der Waals surface area contributed by atoms with Gasteiger partial charge in [0.05, 0.1) is 16.4 Å². The molecule has 1 saturated carbocycles. The van der Waals surface area contributed by atoms with E-state index in [1.807, 2.05) is 6.92 Å². The normalized spacial score (nSPS) is 21.3. The SMILES string of the molecule is COC1CCC(Cc2cc(F)ccc2Nc2ncnc3sc(C(=O)NC4CCN(C)CC4)c(C)c23)CC1. The number of piperidine rings is 1. The van der Waals surface area contributed by atoms with Crippen LogP contribution in [0, 0.1) is 18.7 Å². The van der Waals surface area contributed by atoms with Crippen molar-refractivity contribution in [2.75, 3.05) is 32.6 Å². The lowest BCUT2D eigenvalue weighted by atomic mass is 9.83. The number of hydrogen-bond acceptors (Lipinski definition) is 7. The number of thiophene rings is 1. The minimum absolute atomic E-state index is 0.0462. The minimum atomic E-state index is -0.237. The van der Waals surface area contributed by atoms with Crippen LogP contribution in [0.3, 0.4) is 0 Å². The summed E-state index contributed by atoms with van der Waals surface area (Å²) in [4.78, 5) is 25.9. The van der Waals surface area contributed by atoms with Gasteiger partial charge in [0.1, 0.15) is 22.8 Å². The fourth-order valence-electron chi connectivity index (χ4n) is 5.65. The third-order valence-electron chi connectivity index (χ3n) is 7.94. The molecule has 2 aromatic heterocycles. The van der Waals surface area contributed by atoms with Crippen LogP contribution < -0.4 is 10.6 Å². The lowest BCUT2D eigenvalue weighted by Crippen LogP contribution is -2.43. The molecule has 5 rings (SSSR count). The molecule has 0 atom stereocenters. The van der Waals surface area contributed by atoms with E-state index >= 15 is 0 Å². The highest BCUT2D eigenvalue weighted by Gasteiger charge is 2.25. The van der Waals surface area contributed by atoms with Gasteiger partial charge < -0.3 is 20.3 Å². The van der Waals surface area contributed by atoms with Gasteiger partial charge in [0.2, 0.25) is 0 Å². The monoisotopic (exact) mass is 525 g/mol. The lowest BCUT2D eigenvalue weighted by molar-refractivity contribution is 0.0569. The highest BCUT2D eigenvalue weighted by Crippen LogP contribution is 2.36. The summed E-state index contributed by atoms with van der Waals surface area (Å²) in [5.41, 5.74) is 2.66. The molecule has 0 bridgehead atoms. The topological polar surface area (TPSA) is 79.4 Å². The number of rotatable bonds is 7. The average molecular weight is 526 g/mol. The van der Waals surface area contributed by atoms with Crippen LogP contribution in [0.2, 0.25) is 0 Å². The largest absolute Gasteiger partial charge is 0.381 e. The van der Waals surface area contributed by atoms with Crippen LogP contribution >= 0.6 is 11.3 Å². The van der Waals surface area contributed by atoms with E-state index < -0.39 is 0 Å². The molecule has 3 heterocycles. The summed E-state index contributed by atoms with van der Waals surface area (Å²) in [5, 5.41) is 7.52. The lowest BCUT2D eigenvalue weighted by Gasteiger charge is -2.29. The first kappa shape index (κ1) is 26.0. The molecule has 2 aliphatic rings. The molecule has 2 fully saturated rings. The first-order valence-corrected chi connectivity index (χ1v) is 14.0. The van der Waals surface area contributed by atoms with E-state index in [4.69, 9.17) is 4.74 Å². The molecule has 1 amide bonds. The Hall–Kier alpha value is -2.62. The van der Waals surface area contributed by atoms with E-state index in [9.17, 15) is 9.18 Å². The second-order valence-electron chi connectivity index (χ2n) is 10.5. The van der Waals surface area contributed by atoms with Gasteiger partial charge in [-0.3, -0.25) is 4.79 Å². The molecule has 7 nitrogen and oxygen atoms in total. The molecule has 1 aliphatic carbocycles. The summed E-state index contributed by atoms with van der Waals surface area (Å²) in [6.45, 7) is 3.93. The van der Waals surface area contributed by atoms with Crippen molar-refractivity contribution in [1.82, 2.24) is 20.2 Å². The maximum Gasteiger partial charge on any atom is 0.261 e. The van der Waals surface area contributed by atoms with Gasteiger partial charge >= 0.3 is 0 Å². The van der Waals surface area contributed by atoms with Gasteiger partial charge in [-0.05, 0) is 107 Å². The number of carbonyl (C=O) groups is 1. The van der Waals surface area contributed by atoms with E-state index in [0.29, 0.717) is 22.7 Å². The van der Waals surface area contributed by atoms with Gasteiger partial charge in [0, 0.05) is 18.8 Å². The molecule has 1 saturated heterocycles. The summed E-state index contributed by atoms with van der Waals surface area (Å²) in [5.74, 6) is 0.860. The second-order valence-corrected chi connectivity index (χ2v) is 11.5.